The number of aromatic amines is 1. The number of nitrogens with zero attached hydrogens (tertiary/aromatic N) is 1. The van der Waals surface area contributed by atoms with Gasteiger partial charge in [-0.2, -0.15) is 0 Å². The van der Waals surface area contributed by atoms with E-state index in [9.17, 15) is 9.59 Å². The lowest BCUT2D eigenvalue weighted by Crippen LogP contribution is -2.08. The molecule has 1 heterocycles. The second kappa shape index (κ2) is 6.91. The van der Waals surface area contributed by atoms with Gasteiger partial charge in [0.1, 0.15) is 5.75 Å². The highest BCUT2D eigenvalue weighted by molar-refractivity contribution is 7.99. The molecule has 0 spiro atoms. The van der Waals surface area contributed by atoms with E-state index in [1.54, 1.807) is 18.2 Å². The van der Waals surface area contributed by atoms with Crippen molar-refractivity contribution in [2.75, 3.05) is 12.4 Å². The van der Waals surface area contributed by atoms with Crippen molar-refractivity contribution in [2.24, 2.45) is 0 Å². The van der Waals surface area contributed by atoms with Crippen molar-refractivity contribution in [1.82, 2.24) is 9.97 Å². The summed E-state index contributed by atoms with van der Waals surface area (Å²) in [6.07, 6.45) is 1.47. The lowest BCUT2D eigenvalue weighted by molar-refractivity contribution is 0.101. The van der Waals surface area contributed by atoms with Gasteiger partial charge in [-0.3, -0.25) is 9.59 Å². The first-order valence-electron chi connectivity index (χ1n) is 6.08. The molecule has 0 bridgehead atoms. The Hall–Kier alpha value is -2.08. The summed E-state index contributed by atoms with van der Waals surface area (Å²) < 4.78 is 5.59. The van der Waals surface area contributed by atoms with Crippen LogP contribution in [-0.4, -0.2) is 28.1 Å². The first kappa shape index (κ1) is 14.3. The standard InChI is InChI=1S/C14H14N2O3S/c1-10(17)11-4-2-3-5-12(11)19-8-9-20-14-15-7-6-13(18)16-14/h2-7H,8-9H2,1H3,(H,15,16,18). The Labute approximate surface area is 120 Å². The van der Waals surface area contributed by atoms with Gasteiger partial charge in [-0.05, 0) is 19.1 Å². The monoisotopic (exact) mass is 290 g/mol. The number of nitrogens with one attached hydrogen (secondary N) is 1. The van der Waals surface area contributed by atoms with Crippen LogP contribution in [-0.2, 0) is 0 Å². The summed E-state index contributed by atoms with van der Waals surface area (Å²) in [6.45, 7) is 1.93. The van der Waals surface area contributed by atoms with Gasteiger partial charge in [0, 0.05) is 18.0 Å². The zero-order valence-electron chi connectivity index (χ0n) is 11.0. The second-order valence-corrected chi connectivity index (χ2v) is 5.07. The van der Waals surface area contributed by atoms with Gasteiger partial charge in [0.25, 0.3) is 5.56 Å². The number of para-hydroxylation sites is 1. The number of rotatable bonds is 6. The molecule has 0 aliphatic rings. The maximum Gasteiger partial charge on any atom is 0.251 e. The number of thioether (sulfide) groups is 1. The lowest BCUT2D eigenvalue weighted by atomic mass is 10.1. The lowest BCUT2D eigenvalue weighted by Gasteiger charge is -2.08. The fourth-order valence-electron chi connectivity index (χ4n) is 1.60. The minimum absolute atomic E-state index is 0.0256. The highest BCUT2D eigenvalue weighted by Crippen LogP contribution is 2.19. The van der Waals surface area contributed by atoms with E-state index < -0.39 is 0 Å². The summed E-state index contributed by atoms with van der Waals surface area (Å²) in [7, 11) is 0. The molecule has 0 radical (unpaired) electrons. The molecular formula is C14H14N2O3S. The molecule has 2 aromatic rings. The molecular weight excluding hydrogens is 276 g/mol. The van der Waals surface area contributed by atoms with Crippen LogP contribution in [0.2, 0.25) is 0 Å². The van der Waals surface area contributed by atoms with Crippen molar-refractivity contribution in [2.45, 2.75) is 12.1 Å². The molecule has 1 N–H and O–H groups in total. The van der Waals surface area contributed by atoms with Gasteiger partial charge >= 0.3 is 0 Å². The van der Waals surface area contributed by atoms with E-state index in [1.807, 2.05) is 6.07 Å². The number of ether oxygens (including phenoxy) is 1. The predicted molar refractivity (Wildman–Crippen MR) is 77.5 cm³/mol. The van der Waals surface area contributed by atoms with E-state index in [1.165, 1.54) is 30.9 Å². The van der Waals surface area contributed by atoms with Gasteiger partial charge in [-0.15, -0.1) is 0 Å². The van der Waals surface area contributed by atoms with Crippen molar-refractivity contribution in [3.05, 3.63) is 52.4 Å². The number of carbonyl (C=O) groups is 1. The van der Waals surface area contributed by atoms with Crippen LogP contribution in [0.3, 0.4) is 0 Å². The number of aromatic nitrogens is 2. The molecule has 0 aliphatic heterocycles. The zero-order chi connectivity index (χ0) is 14.4. The number of benzene rings is 1. The van der Waals surface area contributed by atoms with Crippen LogP contribution < -0.4 is 10.3 Å². The third kappa shape index (κ3) is 3.96. The van der Waals surface area contributed by atoms with E-state index in [2.05, 4.69) is 9.97 Å². The molecule has 1 aromatic heterocycles. The molecule has 0 aliphatic carbocycles. The van der Waals surface area contributed by atoms with Crippen LogP contribution in [0.5, 0.6) is 5.75 Å². The Morgan fingerprint density at radius 2 is 2.15 bits per heavy atom. The van der Waals surface area contributed by atoms with Crippen LogP contribution in [0.4, 0.5) is 0 Å². The summed E-state index contributed by atoms with van der Waals surface area (Å²) in [5, 5.41) is 0.556. The largest absolute Gasteiger partial charge is 0.492 e. The summed E-state index contributed by atoms with van der Waals surface area (Å²) in [4.78, 5) is 29.2. The van der Waals surface area contributed by atoms with Crippen molar-refractivity contribution in [3.63, 3.8) is 0 Å². The van der Waals surface area contributed by atoms with Crippen molar-refractivity contribution >= 4 is 17.5 Å². The molecule has 2 rings (SSSR count). The summed E-state index contributed by atoms with van der Waals surface area (Å²) in [6, 6.07) is 8.50. The van der Waals surface area contributed by atoms with Crippen LogP contribution in [0, 0.1) is 0 Å². The van der Waals surface area contributed by atoms with Crippen molar-refractivity contribution in [1.29, 1.82) is 0 Å². The molecule has 0 saturated carbocycles. The number of Topliss-reactive ketones (excluding diaryl/α,β-unsaturated/α-hetero) is 1. The van der Waals surface area contributed by atoms with Crippen LogP contribution in [0.25, 0.3) is 0 Å². The number of ketones is 1. The van der Waals surface area contributed by atoms with Crippen molar-refractivity contribution < 1.29 is 9.53 Å². The average Bonchev–Trinajstić information content (AvgIpc) is 2.44. The molecule has 0 amide bonds. The molecule has 6 heteroatoms. The maximum atomic E-state index is 11.4. The predicted octanol–water partition coefficient (Wildman–Crippen LogP) is 2.14. The fraction of sp³-hybridized carbons (Fsp3) is 0.214. The molecule has 0 saturated heterocycles. The Morgan fingerprint density at radius 1 is 1.35 bits per heavy atom. The second-order valence-electron chi connectivity index (χ2n) is 3.99. The molecule has 0 atom stereocenters. The summed E-state index contributed by atoms with van der Waals surface area (Å²) in [5.74, 6) is 1.18. The smallest absolute Gasteiger partial charge is 0.251 e. The summed E-state index contributed by atoms with van der Waals surface area (Å²) in [5.41, 5.74) is 0.397. The Kier molecular flexibility index (Phi) is 4.95. The van der Waals surface area contributed by atoms with E-state index in [0.29, 0.717) is 28.8 Å². The third-order valence-corrected chi connectivity index (χ3v) is 3.35. The normalized spacial score (nSPS) is 10.2. The average molecular weight is 290 g/mol. The molecule has 0 fully saturated rings. The number of carbonyl (C=O) groups excluding carboxylic acids is 1. The maximum absolute atomic E-state index is 11.4. The van der Waals surface area contributed by atoms with Crippen LogP contribution in [0.1, 0.15) is 17.3 Å². The minimum atomic E-state index is -0.176. The quantitative estimate of drug-likeness (QED) is 0.382. The van der Waals surface area contributed by atoms with Gasteiger partial charge in [0.05, 0.1) is 12.2 Å². The molecule has 20 heavy (non-hydrogen) atoms. The highest BCUT2D eigenvalue weighted by atomic mass is 32.2. The fourth-order valence-corrected chi connectivity index (χ4v) is 2.27. The van der Waals surface area contributed by atoms with Gasteiger partial charge in [0.2, 0.25) is 0 Å². The van der Waals surface area contributed by atoms with Gasteiger partial charge in [-0.25, -0.2) is 4.98 Å². The van der Waals surface area contributed by atoms with E-state index in [0.717, 1.165) is 0 Å². The van der Waals surface area contributed by atoms with E-state index in [-0.39, 0.29) is 11.3 Å². The van der Waals surface area contributed by atoms with Crippen molar-refractivity contribution in [3.8, 4) is 5.75 Å². The van der Waals surface area contributed by atoms with Gasteiger partial charge < -0.3 is 9.72 Å². The topological polar surface area (TPSA) is 72.0 Å². The van der Waals surface area contributed by atoms with Gasteiger partial charge in [-0.1, -0.05) is 23.9 Å². The molecule has 1 aromatic carbocycles. The first-order valence-corrected chi connectivity index (χ1v) is 7.06. The third-order valence-electron chi connectivity index (χ3n) is 2.49. The van der Waals surface area contributed by atoms with Gasteiger partial charge in [0.15, 0.2) is 10.9 Å². The SMILES string of the molecule is CC(=O)c1ccccc1OCCSc1nccc(=O)[nH]1. The molecule has 0 unspecified atom stereocenters. The number of H-pyrrole nitrogens is 1. The number of hydrogen-bond donors (Lipinski definition) is 1. The Bertz CT molecular complexity index is 655. The summed E-state index contributed by atoms with van der Waals surface area (Å²) >= 11 is 1.39. The van der Waals surface area contributed by atoms with Crippen LogP contribution in [0.15, 0.2) is 46.5 Å². The number of hydrogen-bond acceptors (Lipinski definition) is 5. The zero-order valence-corrected chi connectivity index (χ0v) is 11.8. The molecule has 5 nitrogen and oxygen atoms in total. The molecule has 104 valence electrons. The van der Waals surface area contributed by atoms with E-state index >= 15 is 0 Å². The minimum Gasteiger partial charge on any atom is -0.492 e. The Balaban J connectivity index is 1.88. The van der Waals surface area contributed by atoms with E-state index in [4.69, 9.17) is 4.74 Å². The Morgan fingerprint density at radius 3 is 2.90 bits per heavy atom. The first-order chi connectivity index (χ1) is 9.66. The van der Waals surface area contributed by atoms with Crippen LogP contribution >= 0.6 is 11.8 Å². The highest BCUT2D eigenvalue weighted by Gasteiger charge is 2.07.